The van der Waals surface area contributed by atoms with Crippen LogP contribution in [0, 0.1) is 17.8 Å². The van der Waals surface area contributed by atoms with Crippen LogP contribution in [-0.2, 0) is 25.7 Å². The molecule has 1 rings (SSSR count). The molecule has 0 aliphatic heterocycles. The van der Waals surface area contributed by atoms with Gasteiger partial charge in [-0.2, -0.15) is 0 Å². The van der Waals surface area contributed by atoms with Gasteiger partial charge in [0.1, 0.15) is 18.1 Å². The van der Waals surface area contributed by atoms with Crippen molar-refractivity contribution in [3.8, 4) is 0 Å². The number of nitrogens with one attached hydrogen (secondary N) is 1. The lowest BCUT2D eigenvalue weighted by Gasteiger charge is -2.28. The summed E-state index contributed by atoms with van der Waals surface area (Å²) in [7, 11) is 0. The molecule has 30 heavy (non-hydrogen) atoms. The van der Waals surface area contributed by atoms with Crippen molar-refractivity contribution < 1.29 is 23.9 Å². The topological polar surface area (TPSA) is 81.7 Å². The summed E-state index contributed by atoms with van der Waals surface area (Å²) in [6.45, 7) is 13.1. The van der Waals surface area contributed by atoms with Crippen LogP contribution in [-0.4, -0.2) is 29.5 Å². The minimum Gasteiger partial charge on any atom is -0.460 e. The van der Waals surface area contributed by atoms with Crippen LogP contribution in [0.1, 0.15) is 66.9 Å². The highest BCUT2D eigenvalue weighted by Crippen LogP contribution is 2.22. The molecule has 0 saturated heterocycles. The normalized spacial score (nSPS) is 14.5. The summed E-state index contributed by atoms with van der Waals surface area (Å²) in [6.07, 6.45) is 0.358. The van der Waals surface area contributed by atoms with Crippen molar-refractivity contribution in [2.75, 3.05) is 0 Å². The van der Waals surface area contributed by atoms with Gasteiger partial charge in [-0.05, 0) is 44.6 Å². The smallest absolute Gasteiger partial charge is 0.408 e. The Labute approximate surface area is 180 Å². The van der Waals surface area contributed by atoms with Crippen molar-refractivity contribution in [2.45, 2.75) is 79.6 Å². The molecule has 6 heteroatoms. The lowest BCUT2D eigenvalue weighted by Crippen LogP contribution is -2.50. The van der Waals surface area contributed by atoms with Crippen LogP contribution in [0.4, 0.5) is 4.79 Å². The summed E-state index contributed by atoms with van der Waals surface area (Å²) in [5.41, 5.74) is 0.172. The van der Waals surface area contributed by atoms with Crippen molar-refractivity contribution in [1.29, 1.82) is 0 Å². The van der Waals surface area contributed by atoms with E-state index in [1.165, 1.54) is 0 Å². The Bertz CT molecular complexity index is 693. The van der Waals surface area contributed by atoms with Gasteiger partial charge in [0, 0.05) is 0 Å². The summed E-state index contributed by atoms with van der Waals surface area (Å²) >= 11 is 0. The van der Waals surface area contributed by atoms with E-state index < -0.39 is 29.6 Å². The molecule has 1 N–H and O–H groups in total. The average Bonchev–Trinajstić information content (AvgIpc) is 2.66. The van der Waals surface area contributed by atoms with Crippen molar-refractivity contribution in [1.82, 2.24) is 5.32 Å². The zero-order valence-electron chi connectivity index (χ0n) is 19.4. The van der Waals surface area contributed by atoms with E-state index >= 15 is 0 Å². The van der Waals surface area contributed by atoms with E-state index in [9.17, 15) is 14.4 Å². The Morgan fingerprint density at radius 3 is 2.13 bits per heavy atom. The van der Waals surface area contributed by atoms with Crippen molar-refractivity contribution in [3.05, 3.63) is 35.9 Å². The van der Waals surface area contributed by atoms with Gasteiger partial charge in [-0.15, -0.1) is 0 Å². The third-order valence-electron chi connectivity index (χ3n) is 4.75. The quantitative estimate of drug-likeness (QED) is 0.431. The molecule has 1 aromatic rings. The minimum absolute atomic E-state index is 0.106. The molecule has 0 aromatic heterocycles. The first-order valence-electron chi connectivity index (χ1n) is 10.7. The number of amides is 1. The first-order valence-corrected chi connectivity index (χ1v) is 10.7. The number of ketones is 1. The lowest BCUT2D eigenvalue weighted by molar-refractivity contribution is -0.154. The highest BCUT2D eigenvalue weighted by molar-refractivity contribution is 6.02. The van der Waals surface area contributed by atoms with E-state index in [0.29, 0.717) is 12.8 Å². The fourth-order valence-electron chi connectivity index (χ4n) is 3.01. The first-order chi connectivity index (χ1) is 13.9. The summed E-state index contributed by atoms with van der Waals surface area (Å²) in [5, 5.41) is 2.69. The first kappa shape index (κ1) is 25.7. The third kappa shape index (κ3) is 8.97. The van der Waals surface area contributed by atoms with Crippen LogP contribution >= 0.6 is 0 Å². The van der Waals surface area contributed by atoms with Gasteiger partial charge in [0.15, 0.2) is 5.78 Å². The fraction of sp³-hybridized carbons (Fsp3) is 0.625. The molecule has 168 valence electrons. The predicted molar refractivity (Wildman–Crippen MR) is 117 cm³/mol. The molecule has 0 saturated carbocycles. The average molecular weight is 420 g/mol. The Morgan fingerprint density at radius 2 is 1.63 bits per heavy atom. The second-order valence-corrected chi connectivity index (χ2v) is 9.19. The van der Waals surface area contributed by atoms with Gasteiger partial charge in [-0.1, -0.05) is 64.4 Å². The largest absolute Gasteiger partial charge is 0.460 e. The van der Waals surface area contributed by atoms with Crippen molar-refractivity contribution in [3.63, 3.8) is 0 Å². The number of hydrogen-bond donors (Lipinski definition) is 1. The number of benzene rings is 1. The standard InChI is InChI=1S/C24H37NO5/c1-8-17(4)20(25-23(28)30-24(5,6)7)21(26)19(14-16(2)3)22(27)29-15-18-12-10-9-11-13-18/h9-13,16-17,19-20H,8,14-15H2,1-7H3,(H,25,28)/t17?,19?,20-/m0/s1. The van der Waals surface area contributed by atoms with E-state index in [2.05, 4.69) is 5.32 Å². The Hall–Kier alpha value is -2.37. The number of carbonyl (C=O) groups excluding carboxylic acids is 3. The number of rotatable bonds is 10. The minimum atomic E-state index is -0.942. The number of carbonyl (C=O) groups is 3. The van der Waals surface area contributed by atoms with Crippen LogP contribution in [0.15, 0.2) is 30.3 Å². The van der Waals surface area contributed by atoms with Gasteiger partial charge < -0.3 is 14.8 Å². The lowest BCUT2D eigenvalue weighted by atomic mass is 9.84. The highest BCUT2D eigenvalue weighted by Gasteiger charge is 2.37. The molecule has 0 aliphatic rings. The molecule has 1 amide bonds. The van der Waals surface area contributed by atoms with Gasteiger partial charge in [0.2, 0.25) is 0 Å². The number of hydrogen-bond acceptors (Lipinski definition) is 5. The van der Waals surface area contributed by atoms with Crippen LogP contribution in [0.2, 0.25) is 0 Å². The summed E-state index contributed by atoms with van der Waals surface area (Å²) < 4.78 is 10.8. The molecule has 6 nitrogen and oxygen atoms in total. The molecule has 0 spiro atoms. The molecular formula is C24H37NO5. The number of ether oxygens (including phenoxy) is 2. The van der Waals surface area contributed by atoms with Gasteiger partial charge in [0.25, 0.3) is 0 Å². The van der Waals surface area contributed by atoms with E-state index in [0.717, 1.165) is 5.56 Å². The Kier molecular flexibility index (Phi) is 10.0. The number of alkyl carbamates (subject to hydrolysis) is 1. The van der Waals surface area contributed by atoms with Crippen molar-refractivity contribution >= 4 is 17.8 Å². The Balaban J connectivity index is 2.98. The molecule has 3 atom stereocenters. The SMILES string of the molecule is CCC(C)[C@H](NC(=O)OC(C)(C)C)C(=O)C(CC(C)C)C(=O)OCc1ccccc1. The molecule has 1 aromatic carbocycles. The third-order valence-corrected chi connectivity index (χ3v) is 4.75. The van der Waals surface area contributed by atoms with E-state index in [-0.39, 0.29) is 24.2 Å². The maximum atomic E-state index is 13.4. The highest BCUT2D eigenvalue weighted by atomic mass is 16.6. The molecule has 0 aliphatic carbocycles. The second-order valence-electron chi connectivity index (χ2n) is 9.19. The Morgan fingerprint density at radius 1 is 1.03 bits per heavy atom. The van der Waals surface area contributed by atoms with Gasteiger partial charge in [-0.3, -0.25) is 9.59 Å². The van der Waals surface area contributed by atoms with E-state index in [1.54, 1.807) is 20.8 Å². The van der Waals surface area contributed by atoms with E-state index in [4.69, 9.17) is 9.47 Å². The maximum absolute atomic E-state index is 13.4. The molecule has 2 unspecified atom stereocenters. The van der Waals surface area contributed by atoms with E-state index in [1.807, 2.05) is 58.0 Å². The molecule has 0 fully saturated rings. The van der Waals surface area contributed by atoms with Crippen LogP contribution in [0.25, 0.3) is 0 Å². The zero-order chi connectivity index (χ0) is 22.9. The molecular weight excluding hydrogens is 382 g/mol. The van der Waals surface area contributed by atoms with Crippen LogP contribution in [0.3, 0.4) is 0 Å². The van der Waals surface area contributed by atoms with Gasteiger partial charge in [-0.25, -0.2) is 4.79 Å². The number of esters is 1. The predicted octanol–water partition coefficient (Wildman–Crippen LogP) is 4.90. The zero-order valence-corrected chi connectivity index (χ0v) is 19.4. The summed E-state index contributed by atoms with van der Waals surface area (Å²) in [4.78, 5) is 38.5. The monoisotopic (exact) mass is 419 g/mol. The van der Waals surface area contributed by atoms with Crippen LogP contribution in [0.5, 0.6) is 0 Å². The summed E-state index contributed by atoms with van der Waals surface area (Å²) in [6, 6.07) is 8.51. The maximum Gasteiger partial charge on any atom is 0.408 e. The number of Topliss-reactive ketones (excluding diaryl/α,β-unsaturated/α-hetero) is 1. The van der Waals surface area contributed by atoms with Crippen LogP contribution < -0.4 is 5.32 Å². The molecule has 0 radical (unpaired) electrons. The van der Waals surface area contributed by atoms with Gasteiger partial charge >= 0.3 is 12.1 Å². The second kappa shape index (κ2) is 11.7. The summed E-state index contributed by atoms with van der Waals surface area (Å²) in [5.74, 6) is -1.87. The fourth-order valence-corrected chi connectivity index (χ4v) is 3.01. The molecule has 0 bridgehead atoms. The van der Waals surface area contributed by atoms with Gasteiger partial charge in [0.05, 0.1) is 6.04 Å². The van der Waals surface area contributed by atoms with Crippen molar-refractivity contribution in [2.24, 2.45) is 17.8 Å². The molecule has 0 heterocycles.